The number of carbonyl (C=O) groups is 5. The van der Waals surface area contributed by atoms with Crippen LogP contribution in [0.3, 0.4) is 0 Å². The Kier molecular flexibility index (Phi) is 18.7. The number of ketones is 2. The Morgan fingerprint density at radius 3 is 2.16 bits per heavy atom. The third kappa shape index (κ3) is 13.7. The number of nitrogens with one attached hydrogen (secondary N) is 1. The van der Waals surface area contributed by atoms with Crippen molar-refractivity contribution in [3.05, 3.63) is 97.9 Å². The summed E-state index contributed by atoms with van der Waals surface area (Å²) in [6.07, 6.45) is -4.35. The first-order valence-electron chi connectivity index (χ1n) is 18.5. The summed E-state index contributed by atoms with van der Waals surface area (Å²) in [4.78, 5) is 78.2. The highest BCUT2D eigenvalue weighted by Crippen LogP contribution is 2.35. The van der Waals surface area contributed by atoms with Gasteiger partial charge >= 0.3 is 18.2 Å². The number of aliphatic carboxylic acids is 1. The van der Waals surface area contributed by atoms with E-state index in [1.54, 1.807) is 18.2 Å². The molecule has 2 amide bonds. The molecule has 0 saturated heterocycles. The second kappa shape index (κ2) is 22.1. The number of nitrogens with zero attached hydrogens (tertiary/aromatic N) is 3. The van der Waals surface area contributed by atoms with E-state index in [9.17, 15) is 47.0 Å². The summed E-state index contributed by atoms with van der Waals surface area (Å²) in [5, 5.41) is 21.2. The average molecular weight is 880 g/mol. The molecule has 13 nitrogen and oxygen atoms in total. The maximum absolute atomic E-state index is 14.0. The minimum Gasteiger partial charge on any atom is -0.479 e. The first-order chi connectivity index (χ1) is 27.1. The molecule has 0 radical (unpaired) electrons. The molecule has 0 aliphatic heterocycles. The quantitative estimate of drug-likeness (QED) is 0.0893. The van der Waals surface area contributed by atoms with Crippen LogP contribution in [0.25, 0.3) is 5.69 Å². The smallest absolute Gasteiger partial charge is 0.417 e. The molecule has 3 rings (SSSR count). The number of anilines is 1. The minimum atomic E-state index is -4.44. The lowest BCUT2D eigenvalue weighted by Gasteiger charge is -2.23. The zero-order valence-corrected chi connectivity index (χ0v) is 35.1. The van der Waals surface area contributed by atoms with Crippen LogP contribution in [-0.4, -0.2) is 80.0 Å². The van der Waals surface area contributed by atoms with E-state index in [4.69, 9.17) is 14.8 Å². The molecule has 2 aromatic carbocycles. The predicted octanol–water partition coefficient (Wildman–Crippen LogP) is 7.68. The van der Waals surface area contributed by atoms with Crippen molar-refractivity contribution in [3.8, 4) is 5.69 Å². The summed E-state index contributed by atoms with van der Waals surface area (Å²) in [6, 6.07) is 9.40. The number of ether oxygens (including phenoxy) is 1. The Hall–Kier alpha value is -5.16. The van der Waals surface area contributed by atoms with Crippen molar-refractivity contribution in [3.63, 3.8) is 0 Å². The predicted molar refractivity (Wildman–Crippen MR) is 215 cm³/mol. The van der Waals surface area contributed by atoms with Gasteiger partial charge in [0.15, 0.2) is 11.9 Å². The maximum atomic E-state index is 14.0. The van der Waals surface area contributed by atoms with Gasteiger partial charge < -0.3 is 20.3 Å². The number of carboxylic acids is 1. The number of halogens is 4. The van der Waals surface area contributed by atoms with Crippen molar-refractivity contribution in [1.29, 1.82) is 0 Å². The van der Waals surface area contributed by atoms with Gasteiger partial charge in [0, 0.05) is 47.1 Å². The topological polar surface area (TPSA) is 185 Å². The van der Waals surface area contributed by atoms with Crippen molar-refractivity contribution in [2.45, 2.75) is 92.0 Å². The average Bonchev–Trinajstić information content (AvgIpc) is 3.17. The number of rotatable bonds is 17. The summed E-state index contributed by atoms with van der Waals surface area (Å²) in [5.74, 6) is -2.16. The van der Waals surface area contributed by atoms with Crippen LogP contribution in [0.5, 0.6) is 0 Å². The van der Waals surface area contributed by atoms with Crippen LogP contribution in [0.15, 0.2) is 64.4 Å². The molecule has 4 atom stereocenters. The standard InChI is InChI=1S/C32H44N4O8.C9H6BrF3O/c1-8-19(4)20(5)17-25-26(10-3)34-31(33-21(6)9-2)36(29(25)40)23-13-11-22(12-14-23)28(39)35(7)32(43)44-16-15-24(37)18-27(38)30(41)42;1-5(14)6-2-3-8(10)7(4-6)9(11,12)13/h9,11-14,19-21,27,38H,2,8,10,15-18H2,1,3-7H3,(H,33,34)(H,41,42);2-4H,1H3. The van der Waals surface area contributed by atoms with E-state index in [2.05, 4.69) is 48.6 Å². The number of carboxylic acid groups (broad SMARTS) is 1. The van der Waals surface area contributed by atoms with Crippen molar-refractivity contribution >= 4 is 51.4 Å². The number of aromatic nitrogens is 2. The highest BCUT2D eigenvalue weighted by atomic mass is 79.9. The summed E-state index contributed by atoms with van der Waals surface area (Å²) in [7, 11) is 1.22. The van der Waals surface area contributed by atoms with E-state index in [1.165, 1.54) is 42.8 Å². The van der Waals surface area contributed by atoms with Crippen LogP contribution in [0.1, 0.15) is 98.3 Å². The molecule has 0 bridgehead atoms. The van der Waals surface area contributed by atoms with E-state index in [1.807, 2.05) is 13.8 Å². The molecule has 0 aliphatic carbocycles. The number of aryl methyl sites for hydroxylation is 1. The summed E-state index contributed by atoms with van der Waals surface area (Å²) >= 11 is 2.78. The van der Waals surface area contributed by atoms with E-state index in [-0.39, 0.29) is 51.9 Å². The van der Waals surface area contributed by atoms with Gasteiger partial charge in [-0.25, -0.2) is 24.0 Å². The van der Waals surface area contributed by atoms with Crippen molar-refractivity contribution in [2.24, 2.45) is 11.8 Å². The monoisotopic (exact) mass is 878 g/mol. The maximum Gasteiger partial charge on any atom is 0.417 e. The molecular weight excluding hydrogens is 829 g/mol. The Morgan fingerprint density at radius 2 is 1.64 bits per heavy atom. The number of aliphatic hydroxyl groups is 1. The number of hydrogen-bond donors (Lipinski definition) is 3. The molecular formula is C41H50BrF3N4O9. The van der Waals surface area contributed by atoms with Crippen molar-refractivity contribution in [1.82, 2.24) is 14.5 Å². The Morgan fingerprint density at radius 1 is 1.03 bits per heavy atom. The number of alkyl halides is 3. The Labute approximate surface area is 343 Å². The largest absolute Gasteiger partial charge is 0.479 e. The molecule has 316 valence electrons. The van der Waals surface area contributed by atoms with Gasteiger partial charge in [0.05, 0.1) is 16.9 Å². The molecule has 0 spiro atoms. The number of carbonyl (C=O) groups excluding carboxylic acids is 4. The van der Waals surface area contributed by atoms with Crippen LogP contribution < -0.4 is 10.9 Å². The number of amides is 2. The number of benzene rings is 2. The van der Waals surface area contributed by atoms with Gasteiger partial charge in [-0.2, -0.15) is 13.2 Å². The molecule has 0 fully saturated rings. The van der Waals surface area contributed by atoms with Crippen LogP contribution in [0.2, 0.25) is 0 Å². The van der Waals surface area contributed by atoms with E-state index in [0.717, 1.165) is 23.1 Å². The summed E-state index contributed by atoms with van der Waals surface area (Å²) in [6.45, 7) is 14.9. The Balaban J connectivity index is 0.000000695. The summed E-state index contributed by atoms with van der Waals surface area (Å²) < 4.78 is 43.4. The first kappa shape index (κ1) is 49.0. The SMILES string of the molecule is C=CC(C)Nc1nc(CC)c(CC(C)C(C)CC)c(=O)n1-c1ccc(C(=O)N(C)C(=O)OCCC(=O)CC(O)C(=O)O)cc1.CC(=O)c1ccc(Br)c(C(F)(F)F)c1. The molecule has 4 unspecified atom stereocenters. The third-order valence-corrected chi connectivity index (χ3v) is 10.1. The highest BCUT2D eigenvalue weighted by molar-refractivity contribution is 9.10. The molecule has 0 aliphatic rings. The first-order valence-corrected chi connectivity index (χ1v) is 19.3. The van der Waals surface area contributed by atoms with Crippen molar-refractivity contribution < 1.29 is 52.1 Å². The molecule has 17 heteroatoms. The minimum absolute atomic E-state index is 0.0560. The molecule has 1 heterocycles. The fourth-order valence-electron chi connectivity index (χ4n) is 5.37. The lowest BCUT2D eigenvalue weighted by atomic mass is 9.87. The van der Waals surface area contributed by atoms with Crippen LogP contribution >= 0.6 is 15.9 Å². The molecule has 0 saturated carbocycles. The Bertz CT molecular complexity index is 2020. The third-order valence-electron chi connectivity index (χ3n) is 9.39. The van der Waals surface area contributed by atoms with Crippen LogP contribution in [0.4, 0.5) is 23.9 Å². The molecule has 3 N–H and O–H groups in total. The fourth-order valence-corrected chi connectivity index (χ4v) is 5.84. The van der Waals surface area contributed by atoms with E-state index >= 15 is 0 Å². The van der Waals surface area contributed by atoms with Gasteiger partial charge in [-0.1, -0.05) is 62.2 Å². The molecule has 58 heavy (non-hydrogen) atoms. The fraction of sp³-hybridized carbons (Fsp3) is 0.439. The van der Waals surface area contributed by atoms with Crippen LogP contribution in [-0.2, 0) is 33.3 Å². The zero-order chi connectivity index (χ0) is 44.1. The number of Topliss-reactive ketones (excluding diaryl/α,β-unsaturated/α-hetero) is 2. The lowest BCUT2D eigenvalue weighted by Crippen LogP contribution is -2.34. The number of imide groups is 1. The second-order valence-electron chi connectivity index (χ2n) is 13.7. The summed E-state index contributed by atoms with van der Waals surface area (Å²) in [5.41, 5.74) is 1.04. The van der Waals surface area contributed by atoms with E-state index < -0.39 is 48.0 Å². The lowest BCUT2D eigenvalue weighted by molar-refractivity contribution is -0.149. The van der Waals surface area contributed by atoms with Gasteiger partial charge in [0.2, 0.25) is 5.95 Å². The van der Waals surface area contributed by atoms with Gasteiger partial charge in [-0.05, 0) is 74.9 Å². The molecule has 1 aromatic heterocycles. The van der Waals surface area contributed by atoms with Gasteiger partial charge in [-0.15, -0.1) is 6.58 Å². The van der Waals surface area contributed by atoms with Gasteiger partial charge in [0.25, 0.3) is 11.5 Å². The van der Waals surface area contributed by atoms with Gasteiger partial charge in [-0.3, -0.25) is 19.2 Å². The normalized spacial score (nSPS) is 13.2. The number of aliphatic hydroxyl groups excluding tert-OH is 1. The zero-order valence-electron chi connectivity index (χ0n) is 33.5. The molecule has 3 aromatic rings. The number of hydrogen-bond acceptors (Lipinski definition) is 10. The second-order valence-corrected chi connectivity index (χ2v) is 14.6. The van der Waals surface area contributed by atoms with E-state index in [0.29, 0.717) is 36.0 Å². The highest BCUT2D eigenvalue weighted by Gasteiger charge is 2.33. The van der Waals surface area contributed by atoms with Crippen LogP contribution in [0, 0.1) is 11.8 Å². The van der Waals surface area contributed by atoms with Gasteiger partial charge in [0.1, 0.15) is 12.4 Å². The van der Waals surface area contributed by atoms with Crippen molar-refractivity contribution in [2.75, 3.05) is 19.0 Å².